The highest BCUT2D eigenvalue weighted by atomic mass is 32.1. The van der Waals surface area contributed by atoms with Gasteiger partial charge >= 0.3 is 11.9 Å². The van der Waals surface area contributed by atoms with Gasteiger partial charge in [0.05, 0.1) is 32.0 Å². The maximum Gasteiger partial charge on any atom is 0.337 e. The standard InChI is InChI=1S/C37H43NO5S/c1-3-42-36(39)16-10-11-25-38(26-30-17-20-32(21-18-30)37(40)41-2)27-35(31-14-8-5-9-15-31)43-28-34-24-23-33(44-34)22-19-29-12-6-4-7-13-29/h4-9,12-15,17-18,20-21,23-24,35H,3,10-11,16,19,22,25-28H2,1-2H3. The van der Waals surface area contributed by atoms with Gasteiger partial charge in [-0.2, -0.15) is 0 Å². The molecule has 0 saturated heterocycles. The van der Waals surface area contributed by atoms with Crippen LogP contribution in [0.15, 0.2) is 97.1 Å². The van der Waals surface area contributed by atoms with Crippen LogP contribution in [-0.2, 0) is 45.0 Å². The van der Waals surface area contributed by atoms with Gasteiger partial charge in [0.15, 0.2) is 0 Å². The molecule has 0 amide bonds. The molecule has 4 aromatic rings. The fraction of sp³-hybridized carbons (Fsp3) is 0.351. The normalized spacial score (nSPS) is 11.8. The molecule has 4 rings (SSSR count). The zero-order valence-corrected chi connectivity index (χ0v) is 26.6. The van der Waals surface area contributed by atoms with E-state index in [2.05, 4.69) is 59.5 Å². The second kappa shape index (κ2) is 18.1. The number of ether oxygens (including phenoxy) is 3. The van der Waals surface area contributed by atoms with Crippen LogP contribution in [0.5, 0.6) is 0 Å². The summed E-state index contributed by atoms with van der Waals surface area (Å²) in [4.78, 5) is 28.8. The van der Waals surface area contributed by atoms with Crippen molar-refractivity contribution in [3.05, 3.63) is 129 Å². The van der Waals surface area contributed by atoms with Gasteiger partial charge in [-0.1, -0.05) is 72.8 Å². The van der Waals surface area contributed by atoms with E-state index in [1.807, 2.05) is 48.6 Å². The van der Waals surface area contributed by atoms with Gasteiger partial charge < -0.3 is 14.2 Å². The van der Waals surface area contributed by atoms with E-state index < -0.39 is 0 Å². The van der Waals surface area contributed by atoms with Gasteiger partial charge in [-0.25, -0.2) is 4.79 Å². The van der Waals surface area contributed by atoms with Crippen molar-refractivity contribution in [2.75, 3.05) is 26.8 Å². The Labute approximate surface area is 265 Å². The first-order chi connectivity index (χ1) is 21.5. The van der Waals surface area contributed by atoms with Gasteiger partial charge in [-0.15, -0.1) is 11.3 Å². The predicted octanol–water partition coefficient (Wildman–Crippen LogP) is 7.81. The zero-order valence-electron chi connectivity index (χ0n) is 25.8. The summed E-state index contributed by atoms with van der Waals surface area (Å²) in [6, 6.07) is 32.9. The zero-order chi connectivity index (χ0) is 31.0. The second-order valence-corrected chi connectivity index (χ2v) is 12.0. The Balaban J connectivity index is 1.42. The van der Waals surface area contributed by atoms with Gasteiger partial charge in [-0.05, 0) is 80.1 Å². The van der Waals surface area contributed by atoms with E-state index >= 15 is 0 Å². The van der Waals surface area contributed by atoms with Crippen molar-refractivity contribution in [2.45, 2.75) is 58.3 Å². The van der Waals surface area contributed by atoms with Crippen LogP contribution in [-0.4, -0.2) is 43.6 Å². The van der Waals surface area contributed by atoms with E-state index in [-0.39, 0.29) is 18.0 Å². The third-order valence-corrected chi connectivity index (χ3v) is 8.55. The molecule has 0 fully saturated rings. The van der Waals surface area contributed by atoms with Gasteiger partial charge in [0, 0.05) is 29.3 Å². The van der Waals surface area contributed by atoms with Gasteiger partial charge in [0.2, 0.25) is 0 Å². The van der Waals surface area contributed by atoms with Crippen molar-refractivity contribution in [3.63, 3.8) is 0 Å². The molecule has 0 radical (unpaired) electrons. The van der Waals surface area contributed by atoms with Gasteiger partial charge in [0.1, 0.15) is 0 Å². The molecule has 232 valence electrons. The number of thiophene rings is 1. The molecule has 7 heteroatoms. The average molecular weight is 614 g/mol. The lowest BCUT2D eigenvalue weighted by molar-refractivity contribution is -0.143. The SMILES string of the molecule is CCOC(=O)CCCCN(Cc1ccc(C(=O)OC)cc1)CC(OCc1ccc(CCc2ccccc2)s1)c1ccccc1. The Kier molecular flexibility index (Phi) is 13.6. The van der Waals surface area contributed by atoms with Crippen LogP contribution < -0.4 is 0 Å². The Hall–Kier alpha value is -3.78. The smallest absolute Gasteiger partial charge is 0.337 e. The molecule has 0 spiro atoms. The van der Waals surface area contributed by atoms with Crippen molar-refractivity contribution >= 4 is 23.3 Å². The highest BCUT2D eigenvalue weighted by Gasteiger charge is 2.19. The van der Waals surface area contributed by atoms with Gasteiger partial charge in [-0.3, -0.25) is 9.69 Å². The number of carbonyl (C=O) groups excluding carboxylic acids is 2. The lowest BCUT2D eigenvalue weighted by atomic mass is 10.1. The Bertz CT molecular complexity index is 1400. The van der Waals surface area contributed by atoms with Crippen LogP contribution in [0.1, 0.15) is 69.1 Å². The molecule has 44 heavy (non-hydrogen) atoms. The van der Waals surface area contributed by atoms with Crippen molar-refractivity contribution in [1.82, 2.24) is 4.90 Å². The summed E-state index contributed by atoms with van der Waals surface area (Å²) in [5.74, 6) is -0.497. The molecule has 0 aliphatic rings. The second-order valence-electron chi connectivity index (χ2n) is 10.7. The number of carbonyl (C=O) groups is 2. The third kappa shape index (κ3) is 11.1. The summed E-state index contributed by atoms with van der Waals surface area (Å²) in [7, 11) is 1.39. The first-order valence-electron chi connectivity index (χ1n) is 15.4. The molecular formula is C37H43NO5S. The summed E-state index contributed by atoms with van der Waals surface area (Å²) in [6.45, 7) is 4.95. The fourth-order valence-electron chi connectivity index (χ4n) is 5.08. The van der Waals surface area contributed by atoms with E-state index in [0.29, 0.717) is 38.3 Å². The molecule has 3 aromatic carbocycles. The van der Waals surface area contributed by atoms with Crippen molar-refractivity contribution in [1.29, 1.82) is 0 Å². The molecule has 1 aromatic heterocycles. The summed E-state index contributed by atoms with van der Waals surface area (Å²) >= 11 is 1.82. The fourth-order valence-corrected chi connectivity index (χ4v) is 6.02. The minimum absolute atomic E-state index is 0.134. The van der Waals surface area contributed by atoms with Crippen LogP contribution in [0.3, 0.4) is 0 Å². The number of nitrogens with zero attached hydrogens (tertiary/aromatic N) is 1. The molecular weight excluding hydrogens is 570 g/mol. The lowest BCUT2D eigenvalue weighted by Gasteiger charge is -2.28. The molecule has 1 heterocycles. The quantitative estimate of drug-likeness (QED) is 0.0843. The van der Waals surface area contributed by atoms with Crippen LogP contribution >= 0.6 is 11.3 Å². The van der Waals surface area contributed by atoms with Crippen molar-refractivity contribution in [2.24, 2.45) is 0 Å². The summed E-state index contributed by atoms with van der Waals surface area (Å²) in [6.07, 6.45) is 3.94. The minimum atomic E-state index is -0.346. The number of aryl methyl sites for hydroxylation is 2. The number of rotatable bonds is 18. The Morgan fingerprint density at radius 3 is 2.20 bits per heavy atom. The Morgan fingerprint density at radius 2 is 1.50 bits per heavy atom. The molecule has 0 N–H and O–H groups in total. The summed E-state index contributed by atoms with van der Waals surface area (Å²) in [5.41, 5.74) is 4.11. The molecule has 0 aliphatic carbocycles. The van der Waals surface area contributed by atoms with Crippen molar-refractivity contribution < 1.29 is 23.8 Å². The summed E-state index contributed by atoms with van der Waals surface area (Å²) < 4.78 is 16.6. The van der Waals surface area contributed by atoms with Crippen LogP contribution in [0.4, 0.5) is 0 Å². The van der Waals surface area contributed by atoms with Crippen LogP contribution in [0, 0.1) is 0 Å². The van der Waals surface area contributed by atoms with E-state index in [1.54, 1.807) is 12.1 Å². The molecule has 0 aliphatic heterocycles. The van der Waals surface area contributed by atoms with E-state index in [1.165, 1.54) is 22.4 Å². The highest BCUT2D eigenvalue weighted by Crippen LogP contribution is 2.25. The first kappa shape index (κ1) is 33.1. The Morgan fingerprint density at radius 1 is 0.795 bits per heavy atom. The maximum absolute atomic E-state index is 11.9. The average Bonchev–Trinajstić information content (AvgIpc) is 3.52. The summed E-state index contributed by atoms with van der Waals surface area (Å²) in [5, 5.41) is 0. The largest absolute Gasteiger partial charge is 0.466 e. The molecule has 6 nitrogen and oxygen atoms in total. The van der Waals surface area contributed by atoms with E-state index in [4.69, 9.17) is 14.2 Å². The molecule has 1 atom stereocenters. The molecule has 0 bridgehead atoms. The number of methoxy groups -OCH3 is 1. The van der Waals surface area contributed by atoms with Gasteiger partial charge in [0.25, 0.3) is 0 Å². The minimum Gasteiger partial charge on any atom is -0.466 e. The number of esters is 2. The van der Waals surface area contributed by atoms with E-state index in [0.717, 1.165) is 43.4 Å². The number of hydrogen-bond donors (Lipinski definition) is 0. The van der Waals surface area contributed by atoms with Crippen molar-refractivity contribution in [3.8, 4) is 0 Å². The monoisotopic (exact) mass is 613 g/mol. The highest BCUT2D eigenvalue weighted by molar-refractivity contribution is 7.11. The van der Waals surface area contributed by atoms with E-state index in [9.17, 15) is 9.59 Å². The molecule has 0 saturated carbocycles. The number of unbranched alkanes of at least 4 members (excludes halogenated alkanes) is 1. The molecule has 1 unspecified atom stereocenters. The van der Waals surface area contributed by atoms with Crippen LogP contribution in [0.25, 0.3) is 0 Å². The van der Waals surface area contributed by atoms with Crippen LogP contribution in [0.2, 0.25) is 0 Å². The predicted molar refractivity (Wildman–Crippen MR) is 176 cm³/mol. The number of hydrogen-bond acceptors (Lipinski definition) is 7. The first-order valence-corrected chi connectivity index (χ1v) is 16.2. The topological polar surface area (TPSA) is 65.1 Å². The lowest BCUT2D eigenvalue weighted by Crippen LogP contribution is -2.30. The number of benzene rings is 3. The third-order valence-electron chi connectivity index (χ3n) is 7.43. The maximum atomic E-state index is 11.9.